The summed E-state index contributed by atoms with van der Waals surface area (Å²) in [6.45, 7) is 16.2. The highest BCUT2D eigenvalue weighted by atomic mass is 16.7. The molecule has 0 saturated carbocycles. The van der Waals surface area contributed by atoms with Crippen molar-refractivity contribution in [3.63, 3.8) is 0 Å². The van der Waals surface area contributed by atoms with Gasteiger partial charge in [0.05, 0.1) is 12.2 Å². The molecule has 0 aromatic rings. The summed E-state index contributed by atoms with van der Waals surface area (Å²) >= 11 is 0. The molecular formula is C16H34O2. The molecule has 0 radical (unpaired) electrons. The Bertz CT molecular complexity index is 209. The highest BCUT2D eigenvalue weighted by Gasteiger charge is 2.22. The van der Waals surface area contributed by atoms with Gasteiger partial charge in [-0.05, 0) is 38.5 Å². The first kappa shape index (κ1) is 17.9. The van der Waals surface area contributed by atoms with Crippen LogP contribution >= 0.6 is 0 Å². The van der Waals surface area contributed by atoms with Crippen molar-refractivity contribution in [2.45, 2.75) is 92.5 Å². The van der Waals surface area contributed by atoms with E-state index in [0.29, 0.717) is 5.41 Å². The van der Waals surface area contributed by atoms with Crippen molar-refractivity contribution in [2.75, 3.05) is 6.61 Å². The van der Waals surface area contributed by atoms with E-state index in [1.54, 1.807) is 0 Å². The molecule has 1 unspecified atom stereocenters. The molecule has 110 valence electrons. The summed E-state index contributed by atoms with van der Waals surface area (Å²) in [6, 6.07) is 0. The van der Waals surface area contributed by atoms with Crippen LogP contribution in [0.5, 0.6) is 0 Å². The summed E-state index contributed by atoms with van der Waals surface area (Å²) < 4.78 is 12.0. The first-order valence-electron chi connectivity index (χ1n) is 7.55. The standard InChI is InChI=1S/C16H34O2/c1-8-11-14(18-16(6,7)10-3)17-13-12-15(4,5)9-2/h14H,8-13H2,1-7H3. The third-order valence-corrected chi connectivity index (χ3v) is 3.87. The monoisotopic (exact) mass is 258 g/mol. The molecule has 0 fully saturated rings. The second-order valence-corrected chi connectivity index (χ2v) is 6.59. The van der Waals surface area contributed by atoms with Gasteiger partial charge < -0.3 is 9.47 Å². The average molecular weight is 258 g/mol. The van der Waals surface area contributed by atoms with Gasteiger partial charge >= 0.3 is 0 Å². The molecule has 0 saturated heterocycles. The third-order valence-electron chi connectivity index (χ3n) is 3.87. The normalized spacial score (nSPS) is 14.8. The van der Waals surface area contributed by atoms with Gasteiger partial charge in [0, 0.05) is 0 Å². The fourth-order valence-electron chi connectivity index (χ4n) is 1.49. The largest absolute Gasteiger partial charge is 0.353 e. The van der Waals surface area contributed by atoms with Crippen LogP contribution in [0.15, 0.2) is 0 Å². The van der Waals surface area contributed by atoms with E-state index in [0.717, 1.165) is 32.3 Å². The molecule has 0 aliphatic heterocycles. The minimum atomic E-state index is -0.0832. The third kappa shape index (κ3) is 8.10. The Labute approximate surface area is 114 Å². The van der Waals surface area contributed by atoms with Crippen molar-refractivity contribution in [3.8, 4) is 0 Å². The van der Waals surface area contributed by atoms with Crippen molar-refractivity contribution in [1.82, 2.24) is 0 Å². The van der Waals surface area contributed by atoms with Crippen LogP contribution in [-0.2, 0) is 9.47 Å². The molecule has 18 heavy (non-hydrogen) atoms. The van der Waals surface area contributed by atoms with Gasteiger partial charge in [-0.15, -0.1) is 0 Å². The van der Waals surface area contributed by atoms with Crippen molar-refractivity contribution < 1.29 is 9.47 Å². The molecule has 2 nitrogen and oxygen atoms in total. The van der Waals surface area contributed by atoms with E-state index in [4.69, 9.17) is 9.47 Å². The molecule has 0 amide bonds. The lowest BCUT2D eigenvalue weighted by Gasteiger charge is -2.31. The van der Waals surface area contributed by atoms with Crippen molar-refractivity contribution in [2.24, 2.45) is 5.41 Å². The maximum atomic E-state index is 6.05. The topological polar surface area (TPSA) is 18.5 Å². The van der Waals surface area contributed by atoms with Gasteiger partial charge in [-0.1, -0.05) is 47.5 Å². The predicted molar refractivity (Wildman–Crippen MR) is 78.8 cm³/mol. The van der Waals surface area contributed by atoms with E-state index in [9.17, 15) is 0 Å². The number of hydrogen-bond donors (Lipinski definition) is 0. The molecule has 0 rings (SSSR count). The first-order chi connectivity index (χ1) is 8.26. The maximum absolute atomic E-state index is 6.05. The van der Waals surface area contributed by atoms with E-state index in [1.807, 2.05) is 0 Å². The fourth-order valence-corrected chi connectivity index (χ4v) is 1.49. The SMILES string of the molecule is CCCC(OCCC(C)(C)CC)OC(C)(C)CC. The molecular weight excluding hydrogens is 224 g/mol. The summed E-state index contributed by atoms with van der Waals surface area (Å²) in [4.78, 5) is 0. The van der Waals surface area contributed by atoms with E-state index >= 15 is 0 Å². The van der Waals surface area contributed by atoms with Crippen LogP contribution in [0, 0.1) is 5.41 Å². The summed E-state index contributed by atoms with van der Waals surface area (Å²) in [5.74, 6) is 0. The summed E-state index contributed by atoms with van der Waals surface area (Å²) in [6.07, 6.45) is 5.34. The summed E-state index contributed by atoms with van der Waals surface area (Å²) in [7, 11) is 0. The maximum Gasteiger partial charge on any atom is 0.158 e. The minimum Gasteiger partial charge on any atom is -0.353 e. The molecule has 0 aliphatic rings. The molecule has 0 heterocycles. The molecule has 0 aliphatic carbocycles. The lowest BCUT2D eigenvalue weighted by atomic mass is 9.87. The zero-order chi connectivity index (χ0) is 14.2. The van der Waals surface area contributed by atoms with E-state index < -0.39 is 0 Å². The lowest BCUT2D eigenvalue weighted by molar-refractivity contribution is -0.206. The molecule has 0 N–H and O–H groups in total. The van der Waals surface area contributed by atoms with Gasteiger partial charge in [-0.25, -0.2) is 0 Å². The Balaban J connectivity index is 4.13. The van der Waals surface area contributed by atoms with Gasteiger partial charge in [0.2, 0.25) is 0 Å². The van der Waals surface area contributed by atoms with Crippen LogP contribution in [0.4, 0.5) is 0 Å². The number of hydrogen-bond acceptors (Lipinski definition) is 2. The van der Waals surface area contributed by atoms with Gasteiger partial charge in [0.15, 0.2) is 6.29 Å². The van der Waals surface area contributed by atoms with Crippen LogP contribution in [0.25, 0.3) is 0 Å². The molecule has 0 spiro atoms. The first-order valence-corrected chi connectivity index (χ1v) is 7.55. The fraction of sp³-hybridized carbons (Fsp3) is 1.00. The molecule has 0 aromatic carbocycles. The molecule has 1 atom stereocenters. The van der Waals surface area contributed by atoms with Gasteiger partial charge in [0.1, 0.15) is 0 Å². The van der Waals surface area contributed by atoms with Crippen LogP contribution in [0.3, 0.4) is 0 Å². The number of ether oxygens (including phenoxy) is 2. The van der Waals surface area contributed by atoms with E-state index in [-0.39, 0.29) is 11.9 Å². The minimum absolute atomic E-state index is 0.0439. The van der Waals surface area contributed by atoms with Crippen molar-refractivity contribution in [3.05, 3.63) is 0 Å². The Hall–Kier alpha value is -0.0800. The van der Waals surface area contributed by atoms with Crippen LogP contribution < -0.4 is 0 Å². The second kappa shape index (κ2) is 8.16. The van der Waals surface area contributed by atoms with Crippen LogP contribution in [0.1, 0.15) is 80.6 Å². The van der Waals surface area contributed by atoms with E-state index in [1.165, 1.54) is 6.42 Å². The smallest absolute Gasteiger partial charge is 0.158 e. The van der Waals surface area contributed by atoms with Crippen LogP contribution in [-0.4, -0.2) is 18.5 Å². The molecule has 2 heteroatoms. The van der Waals surface area contributed by atoms with Crippen molar-refractivity contribution >= 4 is 0 Å². The average Bonchev–Trinajstić information content (AvgIpc) is 2.28. The Morgan fingerprint density at radius 3 is 2.00 bits per heavy atom. The van der Waals surface area contributed by atoms with Gasteiger partial charge in [-0.3, -0.25) is 0 Å². The second-order valence-electron chi connectivity index (χ2n) is 6.59. The highest BCUT2D eigenvalue weighted by Crippen LogP contribution is 2.25. The molecule has 0 bridgehead atoms. The number of rotatable bonds is 10. The van der Waals surface area contributed by atoms with Gasteiger partial charge in [-0.2, -0.15) is 0 Å². The molecule has 0 aromatic heterocycles. The van der Waals surface area contributed by atoms with Gasteiger partial charge in [0.25, 0.3) is 0 Å². The highest BCUT2D eigenvalue weighted by molar-refractivity contribution is 4.68. The Morgan fingerprint density at radius 2 is 1.56 bits per heavy atom. The Morgan fingerprint density at radius 1 is 0.944 bits per heavy atom. The Kier molecular flexibility index (Phi) is 8.13. The lowest BCUT2D eigenvalue weighted by Crippen LogP contribution is -2.32. The van der Waals surface area contributed by atoms with E-state index in [2.05, 4.69) is 48.5 Å². The van der Waals surface area contributed by atoms with Crippen molar-refractivity contribution in [1.29, 1.82) is 0 Å². The summed E-state index contributed by atoms with van der Waals surface area (Å²) in [5, 5.41) is 0. The quantitative estimate of drug-likeness (QED) is 0.504. The zero-order valence-electron chi connectivity index (χ0n) is 13.6. The van der Waals surface area contributed by atoms with Crippen LogP contribution in [0.2, 0.25) is 0 Å². The zero-order valence-corrected chi connectivity index (χ0v) is 13.6. The predicted octanol–water partition coefficient (Wildman–Crippen LogP) is 5.16. The summed E-state index contributed by atoms with van der Waals surface area (Å²) in [5.41, 5.74) is 0.289.